The van der Waals surface area contributed by atoms with Crippen LogP contribution in [-0.4, -0.2) is 35.4 Å². The second-order valence-corrected chi connectivity index (χ2v) is 6.17. The fraction of sp³-hybridized carbons (Fsp3) is 0.333. The third-order valence-electron chi connectivity index (χ3n) is 4.15. The van der Waals surface area contributed by atoms with E-state index in [4.69, 9.17) is 4.74 Å². The lowest BCUT2D eigenvalue weighted by atomic mass is 10.1. The number of carbonyl (C=O) groups excluding carboxylic acids is 2. The van der Waals surface area contributed by atoms with Crippen LogP contribution in [0.3, 0.4) is 0 Å². The zero-order valence-electron chi connectivity index (χ0n) is 14.9. The first-order chi connectivity index (χ1) is 12.5. The van der Waals surface area contributed by atoms with E-state index in [0.717, 1.165) is 11.4 Å². The van der Waals surface area contributed by atoms with Crippen LogP contribution in [0.1, 0.15) is 17.8 Å². The highest BCUT2D eigenvalue weighted by Gasteiger charge is 2.36. The maximum Gasteiger partial charge on any atom is 0.243 e. The van der Waals surface area contributed by atoms with Crippen LogP contribution >= 0.6 is 0 Å². The first-order valence-electron chi connectivity index (χ1n) is 8.29. The minimum absolute atomic E-state index is 0.114. The van der Waals surface area contributed by atoms with Gasteiger partial charge in [0.25, 0.3) is 0 Å². The second kappa shape index (κ2) is 7.38. The molecule has 1 aliphatic heterocycles. The maximum absolute atomic E-state index is 12.4. The monoisotopic (exact) mass is 355 g/mol. The molecular formula is C18H21N5O3. The molecule has 1 aromatic carbocycles. The topological polar surface area (TPSA) is 96.5 Å². The number of ether oxygens (including phenoxy) is 1. The van der Waals surface area contributed by atoms with Gasteiger partial charge in [0.2, 0.25) is 17.8 Å². The maximum atomic E-state index is 12.4. The summed E-state index contributed by atoms with van der Waals surface area (Å²) < 4.78 is 5.31. The summed E-state index contributed by atoms with van der Waals surface area (Å²) >= 11 is 0. The predicted octanol–water partition coefficient (Wildman–Crippen LogP) is 1.60. The van der Waals surface area contributed by atoms with E-state index in [9.17, 15) is 9.59 Å². The first-order valence-corrected chi connectivity index (χ1v) is 8.29. The molecule has 3 rings (SSSR count). The molecule has 0 saturated carbocycles. The van der Waals surface area contributed by atoms with E-state index in [1.54, 1.807) is 24.1 Å². The first kappa shape index (κ1) is 17.7. The van der Waals surface area contributed by atoms with Gasteiger partial charge in [-0.2, -0.15) is 0 Å². The molecule has 1 aromatic heterocycles. The summed E-state index contributed by atoms with van der Waals surface area (Å²) in [5, 5.41) is 0. The average Bonchev–Trinajstić information content (AvgIpc) is 3.00. The zero-order chi connectivity index (χ0) is 18.7. The van der Waals surface area contributed by atoms with Crippen LogP contribution in [0.4, 0.5) is 11.6 Å². The molecule has 1 saturated heterocycles. The molecule has 2 aromatic rings. The molecule has 136 valence electrons. The number of nitrogens with zero attached hydrogens (tertiary/aromatic N) is 3. The molecule has 2 heterocycles. The van der Waals surface area contributed by atoms with E-state index in [1.807, 2.05) is 32.0 Å². The number of hydrogen-bond donors (Lipinski definition) is 2. The van der Waals surface area contributed by atoms with Gasteiger partial charge in [-0.05, 0) is 32.0 Å². The zero-order valence-corrected chi connectivity index (χ0v) is 14.9. The number of methoxy groups -OCH3 is 1. The molecule has 0 spiro atoms. The number of rotatable bonds is 5. The predicted molar refractivity (Wildman–Crippen MR) is 96.7 cm³/mol. The Balaban J connectivity index is 1.65. The fourth-order valence-electron chi connectivity index (χ4n) is 2.97. The lowest BCUT2D eigenvalue weighted by molar-refractivity contribution is -0.125. The van der Waals surface area contributed by atoms with Gasteiger partial charge >= 0.3 is 0 Å². The number of para-hydroxylation sites is 2. The molecule has 0 radical (unpaired) electrons. The molecule has 0 bridgehead atoms. The van der Waals surface area contributed by atoms with Crippen LogP contribution < -0.4 is 20.5 Å². The van der Waals surface area contributed by atoms with Gasteiger partial charge in [-0.15, -0.1) is 0 Å². The molecule has 0 aliphatic carbocycles. The fourth-order valence-corrected chi connectivity index (χ4v) is 2.97. The van der Waals surface area contributed by atoms with E-state index in [2.05, 4.69) is 20.8 Å². The van der Waals surface area contributed by atoms with Crippen LogP contribution in [-0.2, 0) is 9.59 Å². The molecule has 2 amide bonds. The Kier molecular flexibility index (Phi) is 5.01. The van der Waals surface area contributed by atoms with Crippen molar-refractivity contribution in [2.24, 2.45) is 5.92 Å². The van der Waals surface area contributed by atoms with Gasteiger partial charge in [0, 0.05) is 24.4 Å². The Morgan fingerprint density at radius 1 is 1.23 bits per heavy atom. The largest absolute Gasteiger partial charge is 0.495 e. The van der Waals surface area contributed by atoms with Gasteiger partial charge < -0.3 is 9.64 Å². The van der Waals surface area contributed by atoms with Crippen LogP contribution in [0.15, 0.2) is 30.3 Å². The van der Waals surface area contributed by atoms with Gasteiger partial charge in [-0.25, -0.2) is 9.97 Å². The second-order valence-electron chi connectivity index (χ2n) is 6.17. The van der Waals surface area contributed by atoms with Crippen molar-refractivity contribution in [3.63, 3.8) is 0 Å². The number of anilines is 2. The third kappa shape index (κ3) is 3.74. The van der Waals surface area contributed by atoms with Crippen LogP contribution in [0, 0.1) is 19.8 Å². The summed E-state index contributed by atoms with van der Waals surface area (Å²) in [6.07, 6.45) is 0.138. The number of aromatic nitrogens is 2. The Morgan fingerprint density at radius 3 is 2.62 bits per heavy atom. The third-order valence-corrected chi connectivity index (χ3v) is 4.15. The van der Waals surface area contributed by atoms with E-state index >= 15 is 0 Å². The lowest BCUT2D eigenvalue weighted by Gasteiger charge is -2.19. The Morgan fingerprint density at radius 2 is 1.92 bits per heavy atom. The SMILES string of the molecule is COc1ccccc1N1C[C@H](C(=O)NNc2nc(C)cc(C)n2)CC1=O. The molecule has 0 unspecified atom stereocenters. The number of carbonyl (C=O) groups is 2. The summed E-state index contributed by atoms with van der Waals surface area (Å²) in [6.45, 7) is 3.99. The van der Waals surface area contributed by atoms with Crippen molar-refractivity contribution in [2.75, 3.05) is 24.0 Å². The van der Waals surface area contributed by atoms with E-state index in [-0.39, 0.29) is 18.2 Å². The highest BCUT2D eigenvalue weighted by atomic mass is 16.5. The molecule has 1 aliphatic rings. The Hall–Kier alpha value is -3.16. The van der Waals surface area contributed by atoms with Crippen molar-refractivity contribution < 1.29 is 14.3 Å². The number of hydrogen-bond acceptors (Lipinski definition) is 6. The number of aryl methyl sites for hydroxylation is 2. The number of amides is 2. The smallest absolute Gasteiger partial charge is 0.243 e. The van der Waals surface area contributed by atoms with Crippen LogP contribution in [0.5, 0.6) is 5.75 Å². The van der Waals surface area contributed by atoms with Crippen LogP contribution in [0.25, 0.3) is 0 Å². The summed E-state index contributed by atoms with van der Waals surface area (Å²) in [4.78, 5) is 34.8. The molecule has 26 heavy (non-hydrogen) atoms. The van der Waals surface area contributed by atoms with Gasteiger partial charge in [-0.3, -0.25) is 20.4 Å². The lowest BCUT2D eigenvalue weighted by Crippen LogP contribution is -2.37. The number of hydrazine groups is 1. The molecule has 1 atom stereocenters. The summed E-state index contributed by atoms with van der Waals surface area (Å²) in [6, 6.07) is 9.10. The Labute approximate surface area is 151 Å². The molecule has 1 fully saturated rings. The molecular weight excluding hydrogens is 334 g/mol. The van der Waals surface area contributed by atoms with Gasteiger partial charge in [0.1, 0.15) is 5.75 Å². The molecule has 8 heteroatoms. The van der Waals surface area contributed by atoms with Crippen molar-refractivity contribution in [3.05, 3.63) is 41.7 Å². The quantitative estimate of drug-likeness (QED) is 0.791. The van der Waals surface area contributed by atoms with E-state index < -0.39 is 5.92 Å². The summed E-state index contributed by atoms with van der Waals surface area (Å²) in [5.41, 5.74) is 7.58. The average molecular weight is 355 g/mol. The minimum Gasteiger partial charge on any atom is -0.495 e. The molecule has 2 N–H and O–H groups in total. The highest BCUT2D eigenvalue weighted by Crippen LogP contribution is 2.32. The van der Waals surface area contributed by atoms with Gasteiger partial charge in [0.05, 0.1) is 18.7 Å². The minimum atomic E-state index is -0.467. The molecule has 8 nitrogen and oxygen atoms in total. The van der Waals surface area contributed by atoms with Crippen molar-refractivity contribution in [3.8, 4) is 5.75 Å². The van der Waals surface area contributed by atoms with Crippen molar-refractivity contribution in [1.82, 2.24) is 15.4 Å². The van der Waals surface area contributed by atoms with Crippen molar-refractivity contribution in [1.29, 1.82) is 0 Å². The van der Waals surface area contributed by atoms with E-state index in [0.29, 0.717) is 23.9 Å². The standard InChI is InChI=1S/C18H21N5O3/c1-11-8-12(2)20-18(19-11)22-21-17(25)13-9-16(24)23(10-13)14-6-4-5-7-15(14)26-3/h4-8,13H,9-10H2,1-3H3,(H,21,25)(H,19,20,22)/t13-/m1/s1. The number of nitrogens with one attached hydrogen (secondary N) is 2. The van der Waals surface area contributed by atoms with E-state index in [1.165, 1.54) is 0 Å². The summed E-state index contributed by atoms with van der Waals surface area (Å²) in [5.74, 6) is 0.0621. The Bertz CT molecular complexity index is 819. The number of benzene rings is 1. The summed E-state index contributed by atoms with van der Waals surface area (Å²) in [7, 11) is 1.55. The van der Waals surface area contributed by atoms with Gasteiger partial charge in [0.15, 0.2) is 0 Å². The highest BCUT2D eigenvalue weighted by molar-refractivity contribution is 6.01. The van der Waals surface area contributed by atoms with Gasteiger partial charge in [-0.1, -0.05) is 12.1 Å². The van der Waals surface area contributed by atoms with Crippen molar-refractivity contribution in [2.45, 2.75) is 20.3 Å². The normalized spacial score (nSPS) is 16.5. The van der Waals surface area contributed by atoms with Crippen LogP contribution in [0.2, 0.25) is 0 Å². The van der Waals surface area contributed by atoms with Crippen molar-refractivity contribution >= 4 is 23.5 Å².